The second-order valence-corrected chi connectivity index (χ2v) is 7.74. The van der Waals surface area contributed by atoms with Gasteiger partial charge >= 0.3 is 0 Å². The van der Waals surface area contributed by atoms with Crippen LogP contribution in [-0.2, 0) is 0 Å². The number of halogens is 2. The van der Waals surface area contributed by atoms with E-state index in [9.17, 15) is 8.78 Å². The Hall–Kier alpha value is -2.31. The van der Waals surface area contributed by atoms with Crippen molar-refractivity contribution in [2.75, 3.05) is 45.9 Å². The highest BCUT2D eigenvalue weighted by Crippen LogP contribution is 2.29. The molecule has 4 rings (SSSR count). The monoisotopic (exact) mass is 399 g/mol. The van der Waals surface area contributed by atoms with Gasteiger partial charge in [0.2, 0.25) is 0 Å². The van der Waals surface area contributed by atoms with Crippen molar-refractivity contribution in [3.8, 4) is 5.75 Å². The number of ether oxygens (including phenoxy) is 1. The number of nitrogens with zero attached hydrogens (tertiary/aromatic N) is 3. The molecule has 154 valence electrons. The fourth-order valence-corrected chi connectivity index (χ4v) is 3.91. The van der Waals surface area contributed by atoms with Crippen LogP contribution in [0, 0.1) is 18.6 Å². The number of allylic oxidation sites excluding steroid dienone is 2. The third-order valence-electron chi connectivity index (χ3n) is 5.58. The largest absolute Gasteiger partial charge is 0.491 e. The van der Waals surface area contributed by atoms with Crippen molar-refractivity contribution in [1.29, 1.82) is 0 Å². The molecule has 1 fully saturated rings. The molecule has 0 spiro atoms. The number of piperazine rings is 1. The first-order chi connectivity index (χ1) is 14.1. The number of hydrogen-bond acceptors (Lipinski definition) is 4. The van der Waals surface area contributed by atoms with E-state index in [0.29, 0.717) is 23.4 Å². The van der Waals surface area contributed by atoms with Crippen LogP contribution in [0.4, 0.5) is 8.78 Å². The summed E-state index contributed by atoms with van der Waals surface area (Å²) < 4.78 is 33.8. The molecule has 0 atom stereocenters. The number of hydrogen-bond donors (Lipinski definition) is 0. The summed E-state index contributed by atoms with van der Waals surface area (Å²) in [5.74, 6) is -1.50. The predicted octanol–water partition coefficient (Wildman–Crippen LogP) is 4.09. The van der Waals surface area contributed by atoms with Crippen molar-refractivity contribution in [2.45, 2.75) is 19.8 Å². The van der Waals surface area contributed by atoms with Gasteiger partial charge in [-0.05, 0) is 37.5 Å². The summed E-state index contributed by atoms with van der Waals surface area (Å²) in [6, 6.07) is 4.64. The summed E-state index contributed by atoms with van der Waals surface area (Å²) in [6.45, 7) is 8.00. The average Bonchev–Trinajstić information content (AvgIpc) is 2.73. The second kappa shape index (κ2) is 9.01. The van der Waals surface area contributed by atoms with Crippen LogP contribution in [0.25, 0.3) is 10.9 Å². The smallest absolute Gasteiger partial charge is 0.185 e. The lowest BCUT2D eigenvalue weighted by atomic mass is 10.1. The lowest BCUT2D eigenvalue weighted by Gasteiger charge is -2.35. The lowest BCUT2D eigenvalue weighted by molar-refractivity contribution is 0.124. The first-order valence-corrected chi connectivity index (χ1v) is 10.3. The van der Waals surface area contributed by atoms with E-state index in [0.717, 1.165) is 58.2 Å². The van der Waals surface area contributed by atoms with E-state index < -0.39 is 11.6 Å². The van der Waals surface area contributed by atoms with Gasteiger partial charge in [0.25, 0.3) is 0 Å². The molecule has 0 unspecified atom stereocenters. The van der Waals surface area contributed by atoms with Crippen molar-refractivity contribution >= 4 is 10.9 Å². The summed E-state index contributed by atoms with van der Waals surface area (Å²) >= 11 is 0. The highest BCUT2D eigenvalue weighted by Gasteiger charge is 2.18. The number of fused-ring (bicyclic) bond motifs is 1. The van der Waals surface area contributed by atoms with E-state index in [1.165, 1.54) is 5.57 Å². The highest BCUT2D eigenvalue weighted by molar-refractivity contribution is 5.85. The average molecular weight is 399 g/mol. The normalized spacial score (nSPS) is 18.2. The molecular weight excluding hydrogens is 372 g/mol. The maximum absolute atomic E-state index is 14.1. The molecule has 4 nitrogen and oxygen atoms in total. The summed E-state index contributed by atoms with van der Waals surface area (Å²) in [6.07, 6.45) is 9.13. The van der Waals surface area contributed by atoms with Gasteiger partial charge in [0.1, 0.15) is 17.9 Å². The number of aryl methyl sites for hydroxylation is 1. The van der Waals surface area contributed by atoms with Gasteiger partial charge in [-0.2, -0.15) is 0 Å². The number of benzene rings is 1. The fourth-order valence-electron chi connectivity index (χ4n) is 3.91. The second-order valence-electron chi connectivity index (χ2n) is 7.74. The van der Waals surface area contributed by atoms with E-state index in [1.54, 1.807) is 19.1 Å². The zero-order valence-corrected chi connectivity index (χ0v) is 16.8. The Morgan fingerprint density at radius 2 is 1.86 bits per heavy atom. The van der Waals surface area contributed by atoms with Crippen LogP contribution in [0.1, 0.15) is 18.5 Å². The fraction of sp³-hybridized carbons (Fsp3) is 0.435. The molecule has 2 heterocycles. The number of rotatable bonds is 6. The SMILES string of the molecule is Cc1ccc2c(OCCN3CCN(CC4=CCCC=C4)CC3)cc(F)c(F)c2n1. The lowest BCUT2D eigenvalue weighted by Crippen LogP contribution is -2.47. The first kappa shape index (κ1) is 20.0. The van der Waals surface area contributed by atoms with E-state index >= 15 is 0 Å². The zero-order chi connectivity index (χ0) is 20.2. The minimum absolute atomic E-state index is 0.0275. The molecule has 0 amide bonds. The molecule has 1 aromatic heterocycles. The molecule has 0 saturated carbocycles. The van der Waals surface area contributed by atoms with E-state index in [1.807, 2.05) is 0 Å². The van der Waals surface area contributed by atoms with Gasteiger partial charge in [0, 0.05) is 56.4 Å². The van der Waals surface area contributed by atoms with Gasteiger partial charge < -0.3 is 4.74 Å². The van der Waals surface area contributed by atoms with Crippen molar-refractivity contribution in [1.82, 2.24) is 14.8 Å². The molecule has 2 aliphatic rings. The molecule has 1 aromatic carbocycles. The summed E-state index contributed by atoms with van der Waals surface area (Å²) in [7, 11) is 0. The Bertz CT molecular complexity index is 933. The van der Waals surface area contributed by atoms with E-state index in [4.69, 9.17) is 4.74 Å². The zero-order valence-electron chi connectivity index (χ0n) is 16.8. The quantitative estimate of drug-likeness (QED) is 0.731. The van der Waals surface area contributed by atoms with Gasteiger partial charge in [-0.25, -0.2) is 13.8 Å². The molecule has 6 heteroatoms. The molecule has 1 aliphatic heterocycles. The summed E-state index contributed by atoms with van der Waals surface area (Å²) in [4.78, 5) is 8.97. The minimum atomic E-state index is -0.926. The van der Waals surface area contributed by atoms with Gasteiger partial charge in [-0.3, -0.25) is 9.80 Å². The molecule has 2 aromatic rings. The Labute approximate surface area is 170 Å². The molecular formula is C23H27F2N3O. The standard InChI is InChI=1S/C23H27F2N3O/c1-17-7-8-19-21(15-20(24)22(25)23(19)26-17)29-14-13-27-9-11-28(12-10-27)16-18-5-3-2-4-6-18/h3,5-8,15H,2,4,9-14,16H2,1H3. The topological polar surface area (TPSA) is 28.6 Å². The van der Waals surface area contributed by atoms with Gasteiger partial charge in [0.05, 0.1) is 0 Å². The van der Waals surface area contributed by atoms with E-state index in [-0.39, 0.29) is 5.52 Å². The maximum Gasteiger partial charge on any atom is 0.185 e. The molecule has 0 bridgehead atoms. The Morgan fingerprint density at radius 1 is 1.07 bits per heavy atom. The molecule has 0 radical (unpaired) electrons. The molecule has 29 heavy (non-hydrogen) atoms. The molecule has 1 saturated heterocycles. The molecule has 1 aliphatic carbocycles. The minimum Gasteiger partial charge on any atom is -0.491 e. The number of pyridine rings is 1. The van der Waals surface area contributed by atoms with Crippen LogP contribution in [0.3, 0.4) is 0 Å². The Morgan fingerprint density at radius 3 is 2.62 bits per heavy atom. The first-order valence-electron chi connectivity index (χ1n) is 10.3. The third kappa shape index (κ3) is 4.82. The third-order valence-corrected chi connectivity index (χ3v) is 5.58. The maximum atomic E-state index is 14.1. The van der Waals surface area contributed by atoms with Gasteiger partial charge in [-0.15, -0.1) is 0 Å². The van der Waals surface area contributed by atoms with Crippen molar-refractivity contribution in [3.05, 3.63) is 59.3 Å². The Kier molecular flexibility index (Phi) is 6.21. The van der Waals surface area contributed by atoms with Crippen LogP contribution in [0.5, 0.6) is 5.75 Å². The summed E-state index contributed by atoms with van der Waals surface area (Å²) in [5, 5.41) is 0.508. The number of aromatic nitrogens is 1. The van der Waals surface area contributed by atoms with Crippen molar-refractivity contribution in [3.63, 3.8) is 0 Å². The van der Waals surface area contributed by atoms with Crippen LogP contribution in [-0.4, -0.2) is 60.7 Å². The van der Waals surface area contributed by atoms with Crippen LogP contribution < -0.4 is 4.74 Å². The Balaban J connectivity index is 1.29. The van der Waals surface area contributed by atoms with E-state index in [2.05, 4.69) is 33.0 Å². The van der Waals surface area contributed by atoms with Crippen molar-refractivity contribution in [2.24, 2.45) is 0 Å². The van der Waals surface area contributed by atoms with Gasteiger partial charge in [0.15, 0.2) is 11.6 Å². The summed E-state index contributed by atoms with van der Waals surface area (Å²) in [5.41, 5.74) is 2.09. The predicted molar refractivity (Wildman–Crippen MR) is 111 cm³/mol. The highest BCUT2D eigenvalue weighted by atomic mass is 19.2. The molecule has 0 N–H and O–H groups in total. The van der Waals surface area contributed by atoms with Crippen LogP contribution in [0.15, 0.2) is 42.0 Å². The van der Waals surface area contributed by atoms with Crippen molar-refractivity contribution < 1.29 is 13.5 Å². The van der Waals surface area contributed by atoms with Crippen LogP contribution >= 0.6 is 0 Å². The van der Waals surface area contributed by atoms with Crippen LogP contribution in [0.2, 0.25) is 0 Å². The van der Waals surface area contributed by atoms with Gasteiger partial charge in [-0.1, -0.05) is 18.2 Å².